The van der Waals surface area contributed by atoms with E-state index in [1.54, 1.807) is 0 Å². The number of allylic oxidation sites excluding steroid dienone is 2. The Labute approximate surface area is 151 Å². The molecule has 0 atom stereocenters. The van der Waals surface area contributed by atoms with Gasteiger partial charge in [-0.15, -0.1) is 6.58 Å². The molecule has 0 unspecified atom stereocenters. The summed E-state index contributed by atoms with van der Waals surface area (Å²) in [5, 5.41) is 3.28. The second-order valence-electron chi connectivity index (χ2n) is 6.55. The number of rotatable bonds is 6. The van der Waals surface area contributed by atoms with Gasteiger partial charge in [-0.1, -0.05) is 85.3 Å². The van der Waals surface area contributed by atoms with E-state index in [-0.39, 0.29) is 5.41 Å². The molecular weight excluding hydrogens is 302 g/mol. The highest BCUT2D eigenvalue weighted by atomic mass is 14.8. The number of fused-ring (bicyclic) bond motifs is 2. The van der Waals surface area contributed by atoms with Gasteiger partial charge < -0.3 is 5.32 Å². The first-order valence-corrected chi connectivity index (χ1v) is 9.10. The van der Waals surface area contributed by atoms with Crippen molar-refractivity contribution in [1.29, 1.82) is 0 Å². The van der Waals surface area contributed by atoms with Crippen LogP contribution in [0.1, 0.15) is 42.0 Å². The van der Waals surface area contributed by atoms with Gasteiger partial charge in [-0.2, -0.15) is 0 Å². The largest absolute Gasteiger partial charge is 0.316 e. The Bertz CT molecular complexity index is 761. The van der Waals surface area contributed by atoms with Crippen LogP contribution >= 0.6 is 0 Å². The molecule has 1 heteroatoms. The van der Waals surface area contributed by atoms with Gasteiger partial charge in [-0.3, -0.25) is 0 Å². The monoisotopic (exact) mass is 329 g/mol. The molecule has 25 heavy (non-hydrogen) atoms. The van der Waals surface area contributed by atoms with Crippen molar-refractivity contribution in [3.05, 3.63) is 95.1 Å². The Morgan fingerprint density at radius 2 is 1.56 bits per heavy atom. The minimum absolute atomic E-state index is 0.163. The van der Waals surface area contributed by atoms with Crippen LogP contribution in [0.15, 0.2) is 72.8 Å². The Morgan fingerprint density at radius 1 is 1.00 bits per heavy atom. The second kappa shape index (κ2) is 7.67. The summed E-state index contributed by atoms with van der Waals surface area (Å²) in [5.41, 5.74) is 6.63. The van der Waals surface area contributed by atoms with Crippen LogP contribution in [-0.2, 0) is 5.41 Å². The molecule has 1 nitrogen and oxygen atoms in total. The van der Waals surface area contributed by atoms with Crippen LogP contribution in [0, 0.1) is 0 Å². The number of likely N-dealkylation sites (N-methyl/N-ethyl adjacent to an activating group) is 1. The first kappa shape index (κ1) is 17.4. The van der Waals surface area contributed by atoms with Crippen molar-refractivity contribution in [1.82, 2.24) is 5.32 Å². The lowest BCUT2D eigenvalue weighted by Crippen LogP contribution is -2.31. The normalized spacial score (nSPS) is 15.2. The van der Waals surface area contributed by atoms with Crippen molar-refractivity contribution in [2.24, 2.45) is 0 Å². The lowest BCUT2D eigenvalue weighted by molar-refractivity contribution is 0.587. The van der Waals surface area contributed by atoms with Crippen LogP contribution < -0.4 is 5.32 Å². The van der Waals surface area contributed by atoms with Gasteiger partial charge in [0.2, 0.25) is 0 Å². The Balaban J connectivity index is 2.39. The molecule has 1 aliphatic carbocycles. The van der Waals surface area contributed by atoms with E-state index in [0.717, 1.165) is 19.4 Å². The molecule has 0 radical (unpaired) electrons. The van der Waals surface area contributed by atoms with Crippen LogP contribution in [0.5, 0.6) is 0 Å². The predicted octanol–water partition coefficient (Wildman–Crippen LogP) is 5.59. The number of hydrogen-bond acceptors (Lipinski definition) is 1. The Hall–Kier alpha value is -2.38. The van der Waals surface area contributed by atoms with E-state index in [0.29, 0.717) is 0 Å². The van der Waals surface area contributed by atoms with E-state index in [1.807, 2.05) is 7.05 Å². The summed E-state index contributed by atoms with van der Waals surface area (Å²) in [5.74, 6) is 0. The van der Waals surface area contributed by atoms with Gasteiger partial charge in [-0.05, 0) is 42.1 Å². The van der Waals surface area contributed by atoms with Crippen molar-refractivity contribution in [2.75, 3.05) is 13.6 Å². The van der Waals surface area contributed by atoms with Crippen molar-refractivity contribution in [3.8, 4) is 0 Å². The van der Waals surface area contributed by atoms with Crippen LogP contribution in [0.25, 0.3) is 12.2 Å². The molecule has 3 rings (SSSR count). The summed E-state index contributed by atoms with van der Waals surface area (Å²) in [4.78, 5) is 0. The molecule has 0 bridgehead atoms. The quantitative estimate of drug-likeness (QED) is 0.681. The van der Waals surface area contributed by atoms with E-state index < -0.39 is 0 Å². The molecule has 0 spiro atoms. The van der Waals surface area contributed by atoms with Crippen LogP contribution in [0.4, 0.5) is 0 Å². The van der Waals surface area contributed by atoms with E-state index >= 15 is 0 Å². The summed E-state index contributed by atoms with van der Waals surface area (Å²) in [7, 11) is 2.00. The summed E-state index contributed by atoms with van der Waals surface area (Å²) in [6.45, 7) is 7.24. The molecule has 0 aromatic heterocycles. The fourth-order valence-electron chi connectivity index (χ4n) is 4.15. The molecule has 128 valence electrons. The number of nitrogens with one attached hydrogen (secondary N) is 1. The second-order valence-corrected chi connectivity index (χ2v) is 6.55. The van der Waals surface area contributed by atoms with Gasteiger partial charge in [0.05, 0.1) is 0 Å². The highest BCUT2D eigenvalue weighted by Gasteiger charge is 2.39. The Kier molecular flexibility index (Phi) is 5.35. The number of hydrogen-bond donors (Lipinski definition) is 1. The third kappa shape index (κ3) is 3.01. The lowest BCUT2D eigenvalue weighted by atomic mass is 9.64. The van der Waals surface area contributed by atoms with Crippen molar-refractivity contribution in [2.45, 2.75) is 25.2 Å². The molecule has 1 aliphatic rings. The molecule has 0 heterocycles. The van der Waals surface area contributed by atoms with Gasteiger partial charge in [0.25, 0.3) is 0 Å². The third-order valence-electron chi connectivity index (χ3n) is 5.22. The van der Waals surface area contributed by atoms with Gasteiger partial charge >= 0.3 is 0 Å². The average Bonchev–Trinajstić information content (AvgIpc) is 2.79. The third-order valence-corrected chi connectivity index (χ3v) is 5.22. The zero-order valence-electron chi connectivity index (χ0n) is 15.3. The van der Waals surface area contributed by atoms with Crippen LogP contribution in [0.2, 0.25) is 0 Å². The molecule has 0 fully saturated rings. The van der Waals surface area contributed by atoms with Crippen molar-refractivity contribution < 1.29 is 0 Å². The minimum atomic E-state index is -0.163. The zero-order valence-corrected chi connectivity index (χ0v) is 15.3. The predicted molar refractivity (Wildman–Crippen MR) is 110 cm³/mol. The molecular formula is C24H27N. The standard InChI is InChI=1S/C24H27N/c1-4-17-24(21(5-2)16-18-25-3)22-12-8-6-10-19(22)14-15-20-11-7-9-13-23(20)24/h4,6-16,25H,1,5,17-18H2,2-3H3/b21-16+. The van der Waals surface area contributed by atoms with Crippen molar-refractivity contribution in [3.63, 3.8) is 0 Å². The minimum Gasteiger partial charge on any atom is -0.316 e. The van der Waals surface area contributed by atoms with E-state index in [1.165, 1.54) is 27.8 Å². The summed E-state index contributed by atoms with van der Waals surface area (Å²) in [6, 6.07) is 17.6. The maximum atomic E-state index is 4.11. The van der Waals surface area contributed by atoms with Gasteiger partial charge in [0, 0.05) is 12.0 Å². The highest BCUT2D eigenvalue weighted by molar-refractivity contribution is 5.79. The van der Waals surface area contributed by atoms with Crippen LogP contribution in [0.3, 0.4) is 0 Å². The molecule has 2 aromatic carbocycles. The molecule has 2 aromatic rings. The van der Waals surface area contributed by atoms with E-state index in [2.05, 4.69) is 91.7 Å². The van der Waals surface area contributed by atoms with Gasteiger partial charge in [0.1, 0.15) is 0 Å². The maximum Gasteiger partial charge on any atom is 0.0457 e. The first-order chi connectivity index (χ1) is 12.3. The highest BCUT2D eigenvalue weighted by Crippen LogP contribution is 2.48. The van der Waals surface area contributed by atoms with Crippen molar-refractivity contribution >= 4 is 12.2 Å². The fourth-order valence-corrected chi connectivity index (χ4v) is 4.15. The van der Waals surface area contributed by atoms with E-state index in [4.69, 9.17) is 0 Å². The summed E-state index contributed by atoms with van der Waals surface area (Å²) >= 11 is 0. The number of benzene rings is 2. The SMILES string of the molecule is C=CCC1(/C(=C/CNC)CC)c2ccccc2C=Cc2ccccc21. The molecule has 1 N–H and O–H groups in total. The fraction of sp³-hybridized carbons (Fsp3) is 0.250. The van der Waals surface area contributed by atoms with Gasteiger partial charge in [0.15, 0.2) is 0 Å². The summed E-state index contributed by atoms with van der Waals surface area (Å²) < 4.78 is 0. The average molecular weight is 329 g/mol. The maximum absolute atomic E-state index is 4.11. The van der Waals surface area contributed by atoms with Crippen LogP contribution in [-0.4, -0.2) is 13.6 Å². The smallest absolute Gasteiger partial charge is 0.0457 e. The Morgan fingerprint density at radius 3 is 2.04 bits per heavy atom. The first-order valence-electron chi connectivity index (χ1n) is 9.10. The van der Waals surface area contributed by atoms with Gasteiger partial charge in [-0.25, -0.2) is 0 Å². The topological polar surface area (TPSA) is 12.0 Å². The molecule has 0 aliphatic heterocycles. The molecule has 0 saturated heterocycles. The molecule has 0 amide bonds. The molecule has 0 saturated carbocycles. The summed E-state index contributed by atoms with van der Waals surface area (Å²) in [6.07, 6.45) is 10.9. The lowest BCUT2D eigenvalue weighted by Gasteiger charge is -2.38. The van der Waals surface area contributed by atoms with E-state index in [9.17, 15) is 0 Å². The zero-order chi connectivity index (χ0) is 17.7.